The average molecular weight is 235 g/mol. The summed E-state index contributed by atoms with van der Waals surface area (Å²) in [5.41, 5.74) is 0.699. The summed E-state index contributed by atoms with van der Waals surface area (Å²) in [6, 6.07) is 6.79. The lowest BCUT2D eigenvalue weighted by molar-refractivity contribution is -0.128. The van der Waals surface area contributed by atoms with Crippen LogP contribution >= 0.6 is 0 Å². The SMILES string of the molecule is CNC(Cc1ccc(O)cc1)C(=O)C(C)(C)C. The van der Waals surface area contributed by atoms with E-state index in [1.54, 1.807) is 19.2 Å². The molecule has 1 aromatic carbocycles. The Morgan fingerprint density at radius 1 is 1.29 bits per heavy atom. The number of benzene rings is 1. The van der Waals surface area contributed by atoms with Crippen molar-refractivity contribution in [1.29, 1.82) is 0 Å². The highest BCUT2D eigenvalue weighted by atomic mass is 16.3. The van der Waals surface area contributed by atoms with Crippen LogP contribution in [0.5, 0.6) is 5.75 Å². The van der Waals surface area contributed by atoms with Gasteiger partial charge < -0.3 is 10.4 Å². The molecule has 3 nitrogen and oxygen atoms in total. The van der Waals surface area contributed by atoms with E-state index in [2.05, 4.69) is 5.32 Å². The maximum Gasteiger partial charge on any atom is 0.155 e. The van der Waals surface area contributed by atoms with Crippen molar-refractivity contribution < 1.29 is 9.90 Å². The van der Waals surface area contributed by atoms with E-state index in [-0.39, 0.29) is 23.0 Å². The summed E-state index contributed by atoms with van der Waals surface area (Å²) >= 11 is 0. The number of likely N-dealkylation sites (N-methyl/N-ethyl adjacent to an activating group) is 1. The molecule has 0 aromatic heterocycles. The molecule has 0 spiro atoms. The lowest BCUT2D eigenvalue weighted by Gasteiger charge is -2.24. The van der Waals surface area contributed by atoms with Gasteiger partial charge in [-0.05, 0) is 31.2 Å². The zero-order valence-electron chi connectivity index (χ0n) is 10.9. The van der Waals surface area contributed by atoms with Crippen LogP contribution in [0.25, 0.3) is 0 Å². The van der Waals surface area contributed by atoms with Crippen molar-refractivity contribution in [2.24, 2.45) is 5.41 Å². The highest BCUT2D eigenvalue weighted by molar-refractivity contribution is 5.88. The van der Waals surface area contributed by atoms with E-state index in [0.717, 1.165) is 5.56 Å². The summed E-state index contributed by atoms with van der Waals surface area (Å²) in [7, 11) is 1.80. The third kappa shape index (κ3) is 3.86. The molecule has 0 bridgehead atoms. The number of carbonyl (C=O) groups is 1. The minimum Gasteiger partial charge on any atom is -0.508 e. The van der Waals surface area contributed by atoms with Gasteiger partial charge in [-0.15, -0.1) is 0 Å². The molecule has 0 fully saturated rings. The Kier molecular flexibility index (Phi) is 4.29. The number of ketones is 1. The molecule has 0 aliphatic heterocycles. The molecule has 0 saturated carbocycles. The van der Waals surface area contributed by atoms with Crippen molar-refractivity contribution in [3.8, 4) is 5.75 Å². The highest BCUT2D eigenvalue weighted by Crippen LogP contribution is 2.19. The summed E-state index contributed by atoms with van der Waals surface area (Å²) in [5, 5.41) is 12.3. The minimum atomic E-state index is -0.343. The smallest absolute Gasteiger partial charge is 0.155 e. The topological polar surface area (TPSA) is 49.3 Å². The summed E-state index contributed by atoms with van der Waals surface area (Å²) in [6.07, 6.45) is 0.646. The zero-order valence-corrected chi connectivity index (χ0v) is 10.9. The standard InChI is InChI=1S/C14H21NO2/c1-14(2,3)13(17)12(15-4)9-10-5-7-11(16)8-6-10/h5-8,12,15-16H,9H2,1-4H3. The molecule has 0 saturated heterocycles. The van der Waals surface area contributed by atoms with Gasteiger partial charge in [0.1, 0.15) is 5.75 Å². The number of carbonyl (C=O) groups excluding carboxylic acids is 1. The molecular weight excluding hydrogens is 214 g/mol. The number of hydrogen-bond acceptors (Lipinski definition) is 3. The number of phenols is 1. The average Bonchev–Trinajstić information content (AvgIpc) is 2.26. The van der Waals surface area contributed by atoms with Crippen LogP contribution < -0.4 is 5.32 Å². The molecule has 0 amide bonds. The summed E-state index contributed by atoms with van der Waals surface area (Å²) in [5.74, 6) is 0.449. The van der Waals surface area contributed by atoms with E-state index in [4.69, 9.17) is 0 Å². The minimum absolute atomic E-state index is 0.181. The predicted molar refractivity (Wildman–Crippen MR) is 69.1 cm³/mol. The number of phenolic OH excluding ortho intramolecular Hbond substituents is 1. The second-order valence-corrected chi connectivity index (χ2v) is 5.33. The van der Waals surface area contributed by atoms with Crippen molar-refractivity contribution in [1.82, 2.24) is 5.32 Å². The van der Waals surface area contributed by atoms with Crippen molar-refractivity contribution in [2.75, 3.05) is 7.05 Å². The Bertz CT molecular complexity index is 376. The molecule has 0 aliphatic carbocycles. The molecule has 0 radical (unpaired) electrons. The van der Waals surface area contributed by atoms with Crippen LogP contribution in [-0.2, 0) is 11.2 Å². The van der Waals surface area contributed by atoms with E-state index in [0.29, 0.717) is 6.42 Å². The van der Waals surface area contributed by atoms with Crippen molar-refractivity contribution in [2.45, 2.75) is 33.2 Å². The van der Waals surface area contributed by atoms with Gasteiger partial charge in [0.25, 0.3) is 0 Å². The first-order valence-electron chi connectivity index (χ1n) is 5.84. The monoisotopic (exact) mass is 235 g/mol. The third-order valence-corrected chi connectivity index (χ3v) is 2.78. The fourth-order valence-corrected chi connectivity index (χ4v) is 1.72. The van der Waals surface area contributed by atoms with Gasteiger partial charge in [-0.2, -0.15) is 0 Å². The molecule has 94 valence electrons. The number of rotatable bonds is 4. The van der Waals surface area contributed by atoms with Gasteiger partial charge in [0.15, 0.2) is 5.78 Å². The van der Waals surface area contributed by atoms with Crippen molar-refractivity contribution in [3.63, 3.8) is 0 Å². The Hall–Kier alpha value is -1.35. The second-order valence-electron chi connectivity index (χ2n) is 5.33. The van der Waals surface area contributed by atoms with Crippen molar-refractivity contribution >= 4 is 5.78 Å². The molecule has 17 heavy (non-hydrogen) atoms. The van der Waals surface area contributed by atoms with Gasteiger partial charge in [-0.1, -0.05) is 32.9 Å². The largest absolute Gasteiger partial charge is 0.508 e. The van der Waals surface area contributed by atoms with Gasteiger partial charge in [-0.3, -0.25) is 4.79 Å². The van der Waals surface area contributed by atoms with Crippen molar-refractivity contribution in [3.05, 3.63) is 29.8 Å². The van der Waals surface area contributed by atoms with Crippen LogP contribution in [0.1, 0.15) is 26.3 Å². The fraction of sp³-hybridized carbons (Fsp3) is 0.500. The number of hydrogen-bond donors (Lipinski definition) is 2. The lowest BCUT2D eigenvalue weighted by Crippen LogP contribution is -2.42. The van der Waals surface area contributed by atoms with Gasteiger partial charge in [0.05, 0.1) is 6.04 Å². The molecule has 0 heterocycles. The molecule has 2 N–H and O–H groups in total. The maximum atomic E-state index is 12.2. The van der Waals surface area contributed by atoms with E-state index < -0.39 is 0 Å². The normalized spacial score (nSPS) is 13.4. The zero-order chi connectivity index (χ0) is 13.1. The van der Waals surface area contributed by atoms with Gasteiger partial charge >= 0.3 is 0 Å². The Balaban J connectivity index is 2.77. The summed E-state index contributed by atoms with van der Waals surface area (Å²) in [4.78, 5) is 12.2. The molecular formula is C14H21NO2. The Labute approximate surface area is 103 Å². The number of Topliss-reactive ketones (excluding diaryl/α,β-unsaturated/α-hetero) is 1. The number of nitrogens with one attached hydrogen (secondary N) is 1. The summed E-state index contributed by atoms with van der Waals surface area (Å²) < 4.78 is 0. The summed E-state index contributed by atoms with van der Waals surface area (Å²) in [6.45, 7) is 5.78. The predicted octanol–water partition coefficient (Wildman–Crippen LogP) is 2.14. The van der Waals surface area contributed by atoms with Gasteiger partial charge in [0, 0.05) is 5.41 Å². The molecule has 1 aromatic rings. The lowest BCUT2D eigenvalue weighted by atomic mass is 9.84. The van der Waals surface area contributed by atoms with Crippen LogP contribution in [0.15, 0.2) is 24.3 Å². The third-order valence-electron chi connectivity index (χ3n) is 2.78. The van der Waals surface area contributed by atoms with E-state index in [1.807, 2.05) is 32.9 Å². The van der Waals surface area contributed by atoms with Crippen LogP contribution in [0.3, 0.4) is 0 Å². The maximum absolute atomic E-state index is 12.2. The first-order valence-corrected chi connectivity index (χ1v) is 5.84. The van der Waals surface area contributed by atoms with E-state index in [9.17, 15) is 9.90 Å². The second kappa shape index (κ2) is 5.32. The van der Waals surface area contributed by atoms with Gasteiger partial charge in [-0.25, -0.2) is 0 Å². The number of aromatic hydroxyl groups is 1. The first kappa shape index (κ1) is 13.7. The van der Waals surface area contributed by atoms with Crippen LogP contribution in [-0.4, -0.2) is 24.0 Å². The van der Waals surface area contributed by atoms with Gasteiger partial charge in [0.2, 0.25) is 0 Å². The highest BCUT2D eigenvalue weighted by Gasteiger charge is 2.28. The van der Waals surface area contributed by atoms with Crippen LogP contribution in [0.2, 0.25) is 0 Å². The Morgan fingerprint density at radius 3 is 2.24 bits per heavy atom. The quantitative estimate of drug-likeness (QED) is 0.840. The Morgan fingerprint density at radius 2 is 1.82 bits per heavy atom. The molecule has 1 atom stereocenters. The molecule has 3 heteroatoms. The van der Waals surface area contributed by atoms with E-state index >= 15 is 0 Å². The molecule has 1 rings (SSSR count). The fourth-order valence-electron chi connectivity index (χ4n) is 1.72. The molecule has 0 aliphatic rings. The van der Waals surface area contributed by atoms with E-state index in [1.165, 1.54) is 0 Å². The molecule has 1 unspecified atom stereocenters. The first-order chi connectivity index (χ1) is 7.84. The van der Waals surface area contributed by atoms with Crippen LogP contribution in [0, 0.1) is 5.41 Å². The van der Waals surface area contributed by atoms with Crippen LogP contribution in [0.4, 0.5) is 0 Å².